The zero-order chi connectivity index (χ0) is 19.4. The highest BCUT2D eigenvalue weighted by Gasteiger charge is 2.33. The van der Waals surface area contributed by atoms with Crippen LogP contribution in [0.25, 0.3) is 0 Å². The predicted octanol–water partition coefficient (Wildman–Crippen LogP) is 1.66. The first-order chi connectivity index (χ1) is 13.0. The molecule has 0 saturated heterocycles. The van der Waals surface area contributed by atoms with Crippen molar-refractivity contribution in [1.82, 2.24) is 9.80 Å². The maximum Gasteiger partial charge on any atom is 0.237 e. The Kier molecular flexibility index (Phi) is 5.81. The first kappa shape index (κ1) is 19.0. The number of phenolic OH excluding ortho intramolecular Hbond substituents is 1. The Bertz CT molecular complexity index is 804. The molecular formula is C20H25N3O4. The van der Waals surface area contributed by atoms with Crippen molar-refractivity contribution in [2.45, 2.75) is 25.8 Å². The second-order valence-corrected chi connectivity index (χ2v) is 6.80. The molecule has 7 heteroatoms. The SMILES string of the molecule is CCCN(CC(N)=O)C(=O)CN1CCc2cc(O)ccc2C1c1ccco1. The lowest BCUT2D eigenvalue weighted by molar-refractivity contribution is -0.136. The van der Waals surface area contributed by atoms with E-state index in [0.29, 0.717) is 13.1 Å². The number of primary amides is 1. The van der Waals surface area contributed by atoms with Crippen LogP contribution in [0.1, 0.15) is 36.3 Å². The summed E-state index contributed by atoms with van der Waals surface area (Å²) in [5, 5.41) is 9.79. The van der Waals surface area contributed by atoms with Crippen LogP contribution in [-0.4, -0.2) is 52.9 Å². The van der Waals surface area contributed by atoms with Gasteiger partial charge in [0.05, 0.1) is 25.4 Å². The zero-order valence-electron chi connectivity index (χ0n) is 15.4. The number of phenols is 1. The number of nitrogens with zero attached hydrogens (tertiary/aromatic N) is 2. The Morgan fingerprint density at radius 2 is 2.19 bits per heavy atom. The number of fused-ring (bicyclic) bond motifs is 1. The zero-order valence-corrected chi connectivity index (χ0v) is 15.4. The number of hydrogen-bond acceptors (Lipinski definition) is 5. The van der Waals surface area contributed by atoms with E-state index in [1.807, 2.05) is 30.0 Å². The average molecular weight is 371 g/mol. The third kappa shape index (κ3) is 4.31. The molecule has 0 aliphatic carbocycles. The number of rotatable bonds is 7. The maximum atomic E-state index is 12.8. The molecule has 7 nitrogen and oxygen atoms in total. The van der Waals surface area contributed by atoms with Crippen molar-refractivity contribution in [2.75, 3.05) is 26.2 Å². The Balaban J connectivity index is 1.86. The second kappa shape index (κ2) is 8.26. The van der Waals surface area contributed by atoms with Crippen LogP contribution in [-0.2, 0) is 16.0 Å². The lowest BCUT2D eigenvalue weighted by atomic mass is 9.91. The third-order valence-electron chi connectivity index (χ3n) is 4.80. The molecule has 1 atom stereocenters. The molecule has 3 rings (SSSR count). The van der Waals surface area contributed by atoms with E-state index < -0.39 is 5.91 Å². The second-order valence-electron chi connectivity index (χ2n) is 6.80. The van der Waals surface area contributed by atoms with Gasteiger partial charge in [0.15, 0.2) is 0 Å². The summed E-state index contributed by atoms with van der Waals surface area (Å²) in [6.45, 7) is 3.18. The molecule has 1 aliphatic rings. The molecule has 0 fully saturated rings. The van der Waals surface area contributed by atoms with Gasteiger partial charge < -0.3 is 20.2 Å². The van der Waals surface area contributed by atoms with Gasteiger partial charge in [0.2, 0.25) is 11.8 Å². The average Bonchev–Trinajstić information content (AvgIpc) is 3.15. The Labute approximate surface area is 158 Å². The van der Waals surface area contributed by atoms with Gasteiger partial charge in [-0.3, -0.25) is 14.5 Å². The molecule has 2 aromatic rings. The number of furan rings is 1. The van der Waals surface area contributed by atoms with Gasteiger partial charge in [0.25, 0.3) is 0 Å². The van der Waals surface area contributed by atoms with Crippen molar-refractivity contribution in [1.29, 1.82) is 0 Å². The summed E-state index contributed by atoms with van der Waals surface area (Å²) in [6.07, 6.45) is 3.08. The summed E-state index contributed by atoms with van der Waals surface area (Å²) in [4.78, 5) is 27.7. The molecule has 1 aromatic heterocycles. The standard InChI is InChI=1S/C20H25N3O4/c1-2-8-22(12-18(21)25)19(26)13-23-9-7-14-11-15(24)5-6-16(14)20(23)17-4-3-10-27-17/h3-6,10-11,20,24H,2,7-9,12-13H2,1H3,(H2,21,25). The number of carbonyl (C=O) groups is 2. The summed E-state index contributed by atoms with van der Waals surface area (Å²) in [5.74, 6) is 0.326. The molecule has 2 amide bonds. The lowest BCUT2D eigenvalue weighted by Crippen LogP contribution is -2.47. The van der Waals surface area contributed by atoms with Crippen molar-refractivity contribution in [2.24, 2.45) is 5.73 Å². The highest BCUT2D eigenvalue weighted by molar-refractivity contribution is 5.85. The fourth-order valence-corrected chi connectivity index (χ4v) is 3.64. The minimum Gasteiger partial charge on any atom is -0.508 e. The fourth-order valence-electron chi connectivity index (χ4n) is 3.64. The van der Waals surface area contributed by atoms with Crippen LogP contribution in [0, 0.1) is 0 Å². The molecule has 1 unspecified atom stereocenters. The van der Waals surface area contributed by atoms with E-state index in [1.165, 1.54) is 4.90 Å². The Morgan fingerprint density at radius 1 is 1.37 bits per heavy atom. The summed E-state index contributed by atoms with van der Waals surface area (Å²) in [7, 11) is 0. The van der Waals surface area contributed by atoms with Crippen molar-refractivity contribution < 1.29 is 19.1 Å². The molecular weight excluding hydrogens is 346 g/mol. The number of amides is 2. The molecule has 3 N–H and O–H groups in total. The summed E-state index contributed by atoms with van der Waals surface area (Å²) in [5.41, 5.74) is 7.35. The number of aromatic hydroxyl groups is 1. The van der Waals surface area contributed by atoms with Crippen molar-refractivity contribution in [3.05, 3.63) is 53.5 Å². The first-order valence-electron chi connectivity index (χ1n) is 9.15. The highest BCUT2D eigenvalue weighted by Crippen LogP contribution is 2.36. The fraction of sp³-hybridized carbons (Fsp3) is 0.400. The van der Waals surface area contributed by atoms with Gasteiger partial charge in [-0.1, -0.05) is 13.0 Å². The third-order valence-corrected chi connectivity index (χ3v) is 4.80. The van der Waals surface area contributed by atoms with Crippen molar-refractivity contribution in [3.63, 3.8) is 0 Å². The first-order valence-corrected chi connectivity index (χ1v) is 9.15. The highest BCUT2D eigenvalue weighted by atomic mass is 16.3. The number of carbonyl (C=O) groups excluding carboxylic acids is 2. The van der Waals surface area contributed by atoms with E-state index >= 15 is 0 Å². The van der Waals surface area contributed by atoms with Crippen molar-refractivity contribution >= 4 is 11.8 Å². The molecule has 144 valence electrons. The van der Waals surface area contributed by atoms with E-state index in [-0.39, 0.29) is 30.8 Å². The molecule has 0 saturated carbocycles. The van der Waals surface area contributed by atoms with Crippen LogP contribution in [0.5, 0.6) is 5.75 Å². The topological polar surface area (TPSA) is 100 Å². The summed E-state index contributed by atoms with van der Waals surface area (Å²) >= 11 is 0. The van der Waals surface area contributed by atoms with Crippen LogP contribution in [0.15, 0.2) is 41.0 Å². The van der Waals surface area contributed by atoms with Crippen molar-refractivity contribution in [3.8, 4) is 5.75 Å². The Hall–Kier alpha value is -2.80. The van der Waals surface area contributed by atoms with Gasteiger partial charge >= 0.3 is 0 Å². The van der Waals surface area contributed by atoms with Gasteiger partial charge in [0, 0.05) is 13.1 Å². The Morgan fingerprint density at radius 3 is 2.85 bits per heavy atom. The maximum absolute atomic E-state index is 12.8. The van der Waals surface area contributed by atoms with E-state index in [2.05, 4.69) is 0 Å². The molecule has 0 radical (unpaired) electrons. The smallest absolute Gasteiger partial charge is 0.237 e. The molecule has 1 aliphatic heterocycles. The summed E-state index contributed by atoms with van der Waals surface area (Å²) < 4.78 is 5.64. The minimum atomic E-state index is -0.515. The molecule has 2 heterocycles. The van der Waals surface area contributed by atoms with E-state index in [1.54, 1.807) is 18.4 Å². The van der Waals surface area contributed by atoms with Gasteiger partial charge in [-0.2, -0.15) is 0 Å². The van der Waals surface area contributed by atoms with E-state index in [4.69, 9.17) is 10.2 Å². The summed E-state index contributed by atoms with van der Waals surface area (Å²) in [6, 6.07) is 8.78. The lowest BCUT2D eigenvalue weighted by Gasteiger charge is -2.36. The van der Waals surface area contributed by atoms with Crippen LogP contribution in [0.4, 0.5) is 0 Å². The molecule has 0 bridgehead atoms. The molecule has 0 spiro atoms. The molecule has 1 aromatic carbocycles. The van der Waals surface area contributed by atoms with Gasteiger partial charge in [-0.05, 0) is 48.2 Å². The van der Waals surface area contributed by atoms with Gasteiger partial charge in [-0.15, -0.1) is 0 Å². The normalized spacial score (nSPS) is 16.7. The largest absolute Gasteiger partial charge is 0.508 e. The van der Waals surface area contributed by atoms with Crippen LogP contribution >= 0.6 is 0 Å². The van der Waals surface area contributed by atoms with Crippen LogP contribution in [0.3, 0.4) is 0 Å². The predicted molar refractivity (Wildman–Crippen MR) is 100 cm³/mol. The molecule has 27 heavy (non-hydrogen) atoms. The van der Waals surface area contributed by atoms with Gasteiger partial charge in [0.1, 0.15) is 11.5 Å². The quantitative estimate of drug-likeness (QED) is 0.771. The van der Waals surface area contributed by atoms with Gasteiger partial charge in [-0.25, -0.2) is 0 Å². The monoisotopic (exact) mass is 371 g/mol. The van der Waals surface area contributed by atoms with Crippen LogP contribution < -0.4 is 5.73 Å². The van der Waals surface area contributed by atoms with E-state index in [0.717, 1.165) is 29.7 Å². The van der Waals surface area contributed by atoms with Crippen LogP contribution in [0.2, 0.25) is 0 Å². The minimum absolute atomic E-state index is 0.0730. The number of hydrogen-bond donors (Lipinski definition) is 2. The number of nitrogens with two attached hydrogens (primary N) is 1. The van der Waals surface area contributed by atoms with E-state index in [9.17, 15) is 14.7 Å². The number of benzene rings is 1.